The minimum Gasteiger partial charge on any atom is -0.479 e. The van der Waals surface area contributed by atoms with Crippen LogP contribution in [0.2, 0.25) is 0 Å². The van der Waals surface area contributed by atoms with Crippen LogP contribution in [0, 0.1) is 5.92 Å². The maximum atomic E-state index is 11.0. The number of aliphatic imine (C=N–C) groups is 1. The van der Waals surface area contributed by atoms with Crippen LogP contribution in [-0.2, 0) is 4.74 Å². The summed E-state index contributed by atoms with van der Waals surface area (Å²) in [6.07, 6.45) is 1.02. The summed E-state index contributed by atoms with van der Waals surface area (Å²) in [4.78, 5) is 16.7. The molecular weight excluding hydrogens is 196 g/mol. The van der Waals surface area contributed by atoms with Gasteiger partial charge in [-0.25, -0.2) is 4.79 Å². The van der Waals surface area contributed by atoms with Crippen LogP contribution in [0.4, 0.5) is 4.79 Å². The van der Waals surface area contributed by atoms with Crippen molar-refractivity contribution >= 4 is 12.0 Å². The molecule has 1 fully saturated rings. The first-order valence-electron chi connectivity index (χ1n) is 5.35. The van der Waals surface area contributed by atoms with Crippen molar-refractivity contribution in [2.24, 2.45) is 10.9 Å². The Morgan fingerprint density at radius 3 is 3.00 bits per heavy atom. The highest BCUT2D eigenvalue weighted by atomic mass is 16.5. The van der Waals surface area contributed by atoms with Gasteiger partial charge in [-0.05, 0) is 19.8 Å². The van der Waals surface area contributed by atoms with Gasteiger partial charge in [0.05, 0.1) is 12.5 Å². The summed E-state index contributed by atoms with van der Waals surface area (Å²) >= 11 is 0. The summed E-state index contributed by atoms with van der Waals surface area (Å²) in [5.74, 6) is 0.924. The van der Waals surface area contributed by atoms with E-state index < -0.39 is 6.09 Å². The zero-order valence-corrected chi connectivity index (χ0v) is 8.85. The summed E-state index contributed by atoms with van der Waals surface area (Å²) in [5.41, 5.74) is 0. The molecule has 2 aliphatic rings. The molecule has 0 aromatic heterocycles. The third kappa shape index (κ3) is 2.06. The van der Waals surface area contributed by atoms with Gasteiger partial charge in [-0.2, -0.15) is 0 Å². The maximum absolute atomic E-state index is 11.0. The number of carboxylic acid groups (broad SMARTS) is 1. The fourth-order valence-corrected chi connectivity index (χ4v) is 2.17. The number of amides is 1. The smallest absolute Gasteiger partial charge is 0.407 e. The number of likely N-dealkylation sites (tertiary alicyclic amines) is 1. The van der Waals surface area contributed by atoms with E-state index in [0.717, 1.165) is 18.7 Å². The minimum absolute atomic E-state index is 0.112. The Balaban J connectivity index is 2.01. The van der Waals surface area contributed by atoms with Gasteiger partial charge in [-0.1, -0.05) is 0 Å². The SMILES string of the molecule is CC1CCC(C2=NCCO2)CN1C(=O)O. The molecule has 1 saturated heterocycles. The van der Waals surface area contributed by atoms with Crippen LogP contribution in [0.3, 0.4) is 0 Å². The molecule has 84 valence electrons. The molecule has 2 aliphatic heterocycles. The van der Waals surface area contributed by atoms with E-state index in [1.165, 1.54) is 4.90 Å². The molecule has 0 spiro atoms. The Morgan fingerprint density at radius 2 is 2.40 bits per heavy atom. The fourth-order valence-electron chi connectivity index (χ4n) is 2.17. The van der Waals surface area contributed by atoms with Crippen LogP contribution in [0.1, 0.15) is 19.8 Å². The molecule has 0 bridgehead atoms. The van der Waals surface area contributed by atoms with Gasteiger partial charge in [0.15, 0.2) is 5.90 Å². The van der Waals surface area contributed by atoms with Gasteiger partial charge in [0.1, 0.15) is 6.61 Å². The van der Waals surface area contributed by atoms with Crippen molar-refractivity contribution in [2.45, 2.75) is 25.8 Å². The third-order valence-electron chi connectivity index (χ3n) is 3.09. The van der Waals surface area contributed by atoms with Gasteiger partial charge in [-0.3, -0.25) is 4.99 Å². The lowest BCUT2D eigenvalue weighted by atomic mass is 9.93. The standard InChI is InChI=1S/C10H16N2O3/c1-7-2-3-8(6-12(7)10(13)14)9-11-4-5-15-9/h7-8H,2-6H2,1H3,(H,13,14). The normalized spacial score (nSPS) is 31.0. The van der Waals surface area contributed by atoms with E-state index in [0.29, 0.717) is 19.7 Å². The molecule has 0 radical (unpaired) electrons. The highest BCUT2D eigenvalue weighted by Gasteiger charge is 2.32. The molecule has 1 N–H and O–H groups in total. The van der Waals surface area contributed by atoms with E-state index in [-0.39, 0.29) is 12.0 Å². The molecule has 0 saturated carbocycles. The number of piperidine rings is 1. The molecule has 5 nitrogen and oxygen atoms in total. The molecule has 5 heteroatoms. The predicted octanol–water partition coefficient (Wildman–Crippen LogP) is 1.19. The summed E-state index contributed by atoms with van der Waals surface area (Å²) in [6.45, 7) is 3.83. The van der Waals surface area contributed by atoms with Crippen molar-refractivity contribution in [3.05, 3.63) is 0 Å². The molecule has 0 aromatic carbocycles. The Labute approximate surface area is 88.7 Å². The highest BCUT2D eigenvalue weighted by Crippen LogP contribution is 2.24. The molecule has 1 amide bonds. The molecule has 2 heterocycles. The van der Waals surface area contributed by atoms with Crippen molar-refractivity contribution in [2.75, 3.05) is 19.7 Å². The Bertz CT molecular complexity index is 290. The third-order valence-corrected chi connectivity index (χ3v) is 3.09. The lowest BCUT2D eigenvalue weighted by Gasteiger charge is -2.35. The monoisotopic (exact) mass is 212 g/mol. The highest BCUT2D eigenvalue weighted by molar-refractivity contribution is 5.81. The summed E-state index contributed by atoms with van der Waals surface area (Å²) in [7, 11) is 0. The van der Waals surface area contributed by atoms with Crippen LogP contribution in [-0.4, -0.2) is 47.7 Å². The van der Waals surface area contributed by atoms with E-state index in [9.17, 15) is 4.79 Å². The number of hydrogen-bond donors (Lipinski definition) is 1. The van der Waals surface area contributed by atoms with E-state index in [4.69, 9.17) is 9.84 Å². The van der Waals surface area contributed by atoms with Crippen LogP contribution in [0.15, 0.2) is 4.99 Å². The second-order valence-electron chi connectivity index (χ2n) is 4.13. The summed E-state index contributed by atoms with van der Waals surface area (Å²) in [5, 5.41) is 9.01. The minimum atomic E-state index is -0.842. The summed E-state index contributed by atoms with van der Waals surface area (Å²) < 4.78 is 5.39. The van der Waals surface area contributed by atoms with Crippen molar-refractivity contribution in [1.29, 1.82) is 0 Å². The van der Waals surface area contributed by atoms with Gasteiger partial charge >= 0.3 is 6.09 Å². The first-order chi connectivity index (χ1) is 7.18. The van der Waals surface area contributed by atoms with Crippen molar-refractivity contribution in [3.63, 3.8) is 0 Å². The van der Waals surface area contributed by atoms with Crippen LogP contribution in [0.5, 0.6) is 0 Å². The van der Waals surface area contributed by atoms with Gasteiger partial charge in [0.2, 0.25) is 0 Å². The van der Waals surface area contributed by atoms with Crippen molar-refractivity contribution < 1.29 is 14.6 Å². The molecule has 0 aromatic rings. The van der Waals surface area contributed by atoms with E-state index in [2.05, 4.69) is 4.99 Å². The lowest BCUT2D eigenvalue weighted by Crippen LogP contribution is -2.46. The zero-order valence-electron chi connectivity index (χ0n) is 8.85. The van der Waals surface area contributed by atoms with Crippen LogP contribution in [0.25, 0.3) is 0 Å². The number of rotatable bonds is 1. The van der Waals surface area contributed by atoms with Crippen LogP contribution >= 0.6 is 0 Å². The molecule has 2 rings (SSSR count). The summed E-state index contributed by atoms with van der Waals surface area (Å²) in [6, 6.07) is 0.112. The zero-order chi connectivity index (χ0) is 10.8. The first kappa shape index (κ1) is 10.3. The number of carbonyl (C=O) groups is 1. The topological polar surface area (TPSA) is 62.1 Å². The number of ether oxygens (including phenoxy) is 1. The van der Waals surface area contributed by atoms with Crippen molar-refractivity contribution in [3.8, 4) is 0 Å². The van der Waals surface area contributed by atoms with Gasteiger partial charge in [-0.15, -0.1) is 0 Å². The Morgan fingerprint density at radius 1 is 1.60 bits per heavy atom. The first-order valence-corrected chi connectivity index (χ1v) is 5.35. The van der Waals surface area contributed by atoms with Crippen LogP contribution < -0.4 is 0 Å². The fraction of sp³-hybridized carbons (Fsp3) is 0.800. The molecule has 15 heavy (non-hydrogen) atoms. The van der Waals surface area contributed by atoms with Crippen molar-refractivity contribution in [1.82, 2.24) is 4.90 Å². The maximum Gasteiger partial charge on any atom is 0.407 e. The molecule has 2 atom stereocenters. The van der Waals surface area contributed by atoms with Gasteiger partial charge in [0.25, 0.3) is 0 Å². The second kappa shape index (κ2) is 4.08. The Hall–Kier alpha value is -1.26. The second-order valence-corrected chi connectivity index (χ2v) is 4.13. The number of hydrogen-bond acceptors (Lipinski definition) is 3. The van der Waals surface area contributed by atoms with E-state index in [1.807, 2.05) is 6.92 Å². The van der Waals surface area contributed by atoms with Gasteiger partial charge < -0.3 is 14.7 Å². The van der Waals surface area contributed by atoms with E-state index >= 15 is 0 Å². The van der Waals surface area contributed by atoms with E-state index in [1.54, 1.807) is 0 Å². The quantitative estimate of drug-likeness (QED) is 0.710. The molecule has 0 aliphatic carbocycles. The number of nitrogens with zero attached hydrogens (tertiary/aromatic N) is 2. The molecular formula is C10H16N2O3. The predicted molar refractivity (Wildman–Crippen MR) is 55.2 cm³/mol. The Kier molecular flexibility index (Phi) is 2.79. The average molecular weight is 212 g/mol. The largest absolute Gasteiger partial charge is 0.479 e. The lowest BCUT2D eigenvalue weighted by molar-refractivity contribution is 0.100. The van der Waals surface area contributed by atoms with Gasteiger partial charge in [0, 0.05) is 12.6 Å². The average Bonchev–Trinajstić information content (AvgIpc) is 2.71. The molecule has 2 unspecified atom stereocenters.